The third-order valence-corrected chi connectivity index (χ3v) is 4.29. The van der Waals surface area contributed by atoms with Crippen molar-refractivity contribution in [1.82, 2.24) is 10.6 Å². The van der Waals surface area contributed by atoms with Gasteiger partial charge < -0.3 is 15.5 Å². The summed E-state index contributed by atoms with van der Waals surface area (Å²) in [6.45, 7) is 6.67. The van der Waals surface area contributed by atoms with Crippen LogP contribution in [0.3, 0.4) is 0 Å². The van der Waals surface area contributed by atoms with E-state index in [2.05, 4.69) is 47.6 Å². The molecule has 2 aliphatic rings. The minimum absolute atomic E-state index is 0.188. The van der Waals surface area contributed by atoms with Crippen molar-refractivity contribution in [2.45, 2.75) is 32.2 Å². The lowest BCUT2D eigenvalue weighted by Gasteiger charge is -2.40. The molecule has 0 saturated carbocycles. The molecule has 2 aliphatic heterocycles. The van der Waals surface area contributed by atoms with E-state index >= 15 is 0 Å². The third kappa shape index (κ3) is 2.00. The molecular formula is C15H21N3O. The number of nitrogens with zero attached hydrogens (tertiary/aromatic N) is 1. The van der Waals surface area contributed by atoms with E-state index in [0.717, 1.165) is 31.6 Å². The van der Waals surface area contributed by atoms with Crippen LogP contribution in [-0.2, 0) is 4.79 Å². The Labute approximate surface area is 114 Å². The Morgan fingerprint density at radius 2 is 1.74 bits per heavy atom. The normalized spacial score (nSPS) is 21.8. The molecule has 3 rings (SSSR count). The number of anilines is 1. The molecule has 4 heteroatoms. The second kappa shape index (κ2) is 4.53. The van der Waals surface area contributed by atoms with Gasteiger partial charge in [-0.05, 0) is 63.0 Å². The second-order valence-corrected chi connectivity index (χ2v) is 5.72. The first-order chi connectivity index (χ1) is 9.12. The highest BCUT2D eigenvalue weighted by molar-refractivity contribution is 5.93. The molecule has 1 amide bonds. The summed E-state index contributed by atoms with van der Waals surface area (Å²) >= 11 is 0. The SMILES string of the molecule is Cc1cc(C)cc(N2CNC(=O)C23CCNCC3)c1. The van der Waals surface area contributed by atoms with Gasteiger partial charge in [0, 0.05) is 5.69 Å². The number of piperidine rings is 1. The van der Waals surface area contributed by atoms with Crippen LogP contribution in [0, 0.1) is 13.8 Å². The molecule has 0 bridgehead atoms. The summed E-state index contributed by atoms with van der Waals surface area (Å²) in [4.78, 5) is 14.6. The number of aryl methyl sites for hydroxylation is 2. The number of nitrogens with one attached hydrogen (secondary N) is 2. The molecule has 2 N–H and O–H groups in total. The van der Waals surface area contributed by atoms with E-state index in [9.17, 15) is 4.79 Å². The maximum absolute atomic E-state index is 12.3. The maximum Gasteiger partial charge on any atom is 0.247 e. The number of carbonyl (C=O) groups excluding carboxylic acids is 1. The molecule has 2 heterocycles. The lowest BCUT2D eigenvalue weighted by atomic mass is 9.86. The summed E-state index contributed by atoms with van der Waals surface area (Å²) in [6.07, 6.45) is 1.76. The van der Waals surface area contributed by atoms with Gasteiger partial charge in [0.1, 0.15) is 5.54 Å². The summed E-state index contributed by atoms with van der Waals surface area (Å²) in [5, 5.41) is 6.37. The van der Waals surface area contributed by atoms with E-state index in [1.54, 1.807) is 0 Å². The zero-order valence-corrected chi connectivity index (χ0v) is 11.6. The van der Waals surface area contributed by atoms with Gasteiger partial charge in [0.25, 0.3) is 0 Å². The Balaban J connectivity index is 2.00. The number of benzene rings is 1. The van der Waals surface area contributed by atoms with Crippen LogP contribution < -0.4 is 15.5 Å². The second-order valence-electron chi connectivity index (χ2n) is 5.72. The Bertz CT molecular complexity index is 486. The number of rotatable bonds is 1. The van der Waals surface area contributed by atoms with Crippen LogP contribution in [0.4, 0.5) is 5.69 Å². The van der Waals surface area contributed by atoms with Crippen molar-refractivity contribution in [3.63, 3.8) is 0 Å². The summed E-state index contributed by atoms with van der Waals surface area (Å²) in [7, 11) is 0. The lowest BCUT2D eigenvalue weighted by Crippen LogP contribution is -2.55. The first-order valence-corrected chi connectivity index (χ1v) is 6.97. The zero-order chi connectivity index (χ0) is 13.5. The van der Waals surface area contributed by atoms with Crippen molar-refractivity contribution in [2.75, 3.05) is 24.7 Å². The van der Waals surface area contributed by atoms with Crippen molar-refractivity contribution >= 4 is 11.6 Å². The van der Waals surface area contributed by atoms with Gasteiger partial charge in [0.2, 0.25) is 5.91 Å². The summed E-state index contributed by atoms with van der Waals surface area (Å²) in [5.41, 5.74) is 3.32. The van der Waals surface area contributed by atoms with Gasteiger partial charge in [-0.2, -0.15) is 0 Å². The molecule has 0 unspecified atom stereocenters. The zero-order valence-electron chi connectivity index (χ0n) is 11.6. The topological polar surface area (TPSA) is 44.4 Å². The highest BCUT2D eigenvalue weighted by Gasteiger charge is 2.49. The molecule has 0 atom stereocenters. The van der Waals surface area contributed by atoms with Crippen molar-refractivity contribution in [1.29, 1.82) is 0 Å². The lowest BCUT2D eigenvalue weighted by molar-refractivity contribution is -0.124. The van der Waals surface area contributed by atoms with E-state index in [4.69, 9.17) is 0 Å². The summed E-state index contributed by atoms with van der Waals surface area (Å²) in [5.74, 6) is 0.188. The molecule has 2 saturated heterocycles. The van der Waals surface area contributed by atoms with Gasteiger partial charge in [0.05, 0.1) is 6.67 Å². The van der Waals surface area contributed by atoms with E-state index in [1.807, 2.05) is 0 Å². The van der Waals surface area contributed by atoms with E-state index < -0.39 is 0 Å². The fourth-order valence-corrected chi connectivity index (χ4v) is 3.37. The number of hydrogen-bond donors (Lipinski definition) is 2. The first kappa shape index (κ1) is 12.5. The Morgan fingerprint density at radius 1 is 1.11 bits per heavy atom. The highest BCUT2D eigenvalue weighted by Crippen LogP contribution is 2.35. The molecule has 102 valence electrons. The molecule has 0 aromatic heterocycles. The monoisotopic (exact) mass is 259 g/mol. The van der Waals surface area contributed by atoms with Crippen LogP contribution in [0.2, 0.25) is 0 Å². The predicted octanol–water partition coefficient (Wildman–Crippen LogP) is 1.32. The van der Waals surface area contributed by atoms with Gasteiger partial charge >= 0.3 is 0 Å². The number of carbonyl (C=O) groups is 1. The van der Waals surface area contributed by atoms with E-state index in [1.165, 1.54) is 11.1 Å². The van der Waals surface area contributed by atoms with Crippen LogP contribution >= 0.6 is 0 Å². The van der Waals surface area contributed by atoms with Gasteiger partial charge in [-0.15, -0.1) is 0 Å². The molecule has 19 heavy (non-hydrogen) atoms. The van der Waals surface area contributed by atoms with Gasteiger partial charge in [-0.25, -0.2) is 0 Å². The smallest absolute Gasteiger partial charge is 0.247 e. The summed E-state index contributed by atoms with van der Waals surface area (Å²) in [6, 6.07) is 6.53. The van der Waals surface area contributed by atoms with Gasteiger partial charge in [0.15, 0.2) is 0 Å². The van der Waals surface area contributed by atoms with Crippen molar-refractivity contribution in [2.24, 2.45) is 0 Å². The van der Waals surface area contributed by atoms with Crippen LogP contribution in [-0.4, -0.2) is 31.2 Å². The van der Waals surface area contributed by atoms with E-state index in [0.29, 0.717) is 6.67 Å². The average molecular weight is 259 g/mol. The summed E-state index contributed by atoms with van der Waals surface area (Å²) < 4.78 is 0. The maximum atomic E-state index is 12.3. The highest BCUT2D eigenvalue weighted by atomic mass is 16.2. The minimum Gasteiger partial charge on any atom is -0.339 e. The van der Waals surface area contributed by atoms with Crippen LogP contribution in [0.1, 0.15) is 24.0 Å². The largest absolute Gasteiger partial charge is 0.339 e. The van der Waals surface area contributed by atoms with Crippen LogP contribution in [0.25, 0.3) is 0 Å². The Hall–Kier alpha value is -1.55. The van der Waals surface area contributed by atoms with Crippen LogP contribution in [0.5, 0.6) is 0 Å². The fourth-order valence-electron chi connectivity index (χ4n) is 3.37. The molecule has 1 aromatic rings. The third-order valence-electron chi connectivity index (χ3n) is 4.29. The predicted molar refractivity (Wildman–Crippen MR) is 76.2 cm³/mol. The van der Waals surface area contributed by atoms with Crippen molar-refractivity contribution in [3.8, 4) is 0 Å². The molecule has 0 radical (unpaired) electrons. The molecule has 4 nitrogen and oxygen atoms in total. The molecule has 1 spiro atoms. The molecule has 0 aliphatic carbocycles. The molecule has 1 aromatic carbocycles. The fraction of sp³-hybridized carbons (Fsp3) is 0.533. The van der Waals surface area contributed by atoms with Gasteiger partial charge in [-0.3, -0.25) is 4.79 Å². The standard InChI is InChI=1S/C15H21N3O/c1-11-7-12(2)9-13(8-11)18-10-17-14(19)15(18)3-5-16-6-4-15/h7-9,16H,3-6,10H2,1-2H3,(H,17,19). The quantitative estimate of drug-likeness (QED) is 0.799. The van der Waals surface area contributed by atoms with Gasteiger partial charge in [-0.1, -0.05) is 6.07 Å². The minimum atomic E-state index is -0.342. The first-order valence-electron chi connectivity index (χ1n) is 6.97. The molecular weight excluding hydrogens is 238 g/mol. The van der Waals surface area contributed by atoms with E-state index in [-0.39, 0.29) is 11.4 Å². The van der Waals surface area contributed by atoms with Crippen LogP contribution in [0.15, 0.2) is 18.2 Å². The van der Waals surface area contributed by atoms with Crippen molar-refractivity contribution < 1.29 is 4.79 Å². The Kier molecular flexibility index (Phi) is 2.97. The Morgan fingerprint density at radius 3 is 2.37 bits per heavy atom. The average Bonchev–Trinajstić information content (AvgIpc) is 2.67. The van der Waals surface area contributed by atoms with Crippen molar-refractivity contribution in [3.05, 3.63) is 29.3 Å². The number of amides is 1. The number of hydrogen-bond acceptors (Lipinski definition) is 3. The molecule has 2 fully saturated rings.